The summed E-state index contributed by atoms with van der Waals surface area (Å²) in [5.74, 6) is 0. The Labute approximate surface area is 80.0 Å². The van der Waals surface area contributed by atoms with E-state index in [0.29, 0.717) is 0 Å². The summed E-state index contributed by atoms with van der Waals surface area (Å²) in [6, 6.07) is 0. The van der Waals surface area contributed by atoms with Crippen molar-refractivity contribution in [3.63, 3.8) is 0 Å². The van der Waals surface area contributed by atoms with Crippen LogP contribution in [0.25, 0.3) is 0 Å². The van der Waals surface area contributed by atoms with Gasteiger partial charge < -0.3 is 10.6 Å². The third-order valence-electron chi connectivity index (χ3n) is 1.74. The number of nitrogens with zero attached hydrogens (tertiary/aromatic N) is 1. The molecule has 0 saturated heterocycles. The fraction of sp³-hybridized carbons (Fsp3) is 0.889. The molecule has 0 fully saturated rings. The van der Waals surface area contributed by atoms with Gasteiger partial charge in [-0.15, -0.1) is 5.06 Å². The zero-order valence-electron chi connectivity index (χ0n) is 8.58. The molecule has 0 atom stereocenters. The first-order valence-corrected chi connectivity index (χ1v) is 4.93. The minimum absolute atomic E-state index is 0.716. The third kappa shape index (κ3) is 7.59. The molecule has 2 N–H and O–H groups in total. The van der Waals surface area contributed by atoms with Crippen LogP contribution in [0, 0.1) is 0 Å². The van der Waals surface area contributed by atoms with E-state index in [9.17, 15) is 4.79 Å². The van der Waals surface area contributed by atoms with Crippen molar-refractivity contribution >= 4 is 6.09 Å². The van der Waals surface area contributed by atoms with E-state index in [1.165, 1.54) is 0 Å². The van der Waals surface area contributed by atoms with Gasteiger partial charge in [0, 0.05) is 13.1 Å². The fourth-order valence-electron chi connectivity index (χ4n) is 0.999. The summed E-state index contributed by atoms with van der Waals surface area (Å²) < 4.78 is 0. The molecule has 0 aromatic heterocycles. The van der Waals surface area contributed by atoms with Gasteiger partial charge in [-0.2, -0.15) is 0 Å². The average molecular weight is 188 g/mol. The second-order valence-electron chi connectivity index (χ2n) is 3.05. The number of amides is 1. The highest BCUT2D eigenvalue weighted by Gasteiger charge is 2.06. The Morgan fingerprint density at radius 1 is 1.23 bits per heavy atom. The van der Waals surface area contributed by atoms with Gasteiger partial charge in [-0.1, -0.05) is 26.7 Å². The van der Waals surface area contributed by atoms with Gasteiger partial charge in [0.25, 0.3) is 0 Å². The van der Waals surface area contributed by atoms with Crippen LogP contribution in [0.1, 0.15) is 39.5 Å². The standard InChI is InChI=1S/C9H20N2O2/c1-3-5-7-11(8-6-4-2)13-9(10)12/h3-8H2,1-2H3,(H2,10,12). The van der Waals surface area contributed by atoms with Crippen molar-refractivity contribution in [2.24, 2.45) is 5.73 Å². The number of carbonyl (C=O) groups excluding carboxylic acids is 1. The molecular weight excluding hydrogens is 168 g/mol. The zero-order chi connectivity index (χ0) is 10.1. The van der Waals surface area contributed by atoms with E-state index in [2.05, 4.69) is 13.8 Å². The molecule has 0 aliphatic rings. The van der Waals surface area contributed by atoms with Crippen molar-refractivity contribution in [3.8, 4) is 0 Å². The van der Waals surface area contributed by atoms with Crippen molar-refractivity contribution in [1.82, 2.24) is 5.06 Å². The van der Waals surface area contributed by atoms with Crippen molar-refractivity contribution in [3.05, 3.63) is 0 Å². The van der Waals surface area contributed by atoms with E-state index >= 15 is 0 Å². The van der Waals surface area contributed by atoms with Crippen LogP contribution in [-0.4, -0.2) is 24.2 Å². The molecule has 0 aromatic carbocycles. The lowest BCUT2D eigenvalue weighted by atomic mass is 10.3. The predicted octanol–water partition coefficient (Wildman–Crippen LogP) is 1.90. The molecular formula is C9H20N2O2. The first kappa shape index (κ1) is 12.2. The molecule has 0 radical (unpaired) electrons. The summed E-state index contributed by atoms with van der Waals surface area (Å²) >= 11 is 0. The maximum atomic E-state index is 10.5. The van der Waals surface area contributed by atoms with Crippen molar-refractivity contribution in [2.75, 3.05) is 13.1 Å². The summed E-state index contributed by atoms with van der Waals surface area (Å²) in [6.45, 7) is 5.75. The van der Waals surface area contributed by atoms with Crippen LogP contribution in [0.4, 0.5) is 4.79 Å². The summed E-state index contributed by atoms with van der Waals surface area (Å²) in [5, 5.41) is 1.65. The zero-order valence-corrected chi connectivity index (χ0v) is 8.58. The van der Waals surface area contributed by atoms with Crippen molar-refractivity contribution in [1.29, 1.82) is 0 Å². The number of primary amides is 1. The maximum absolute atomic E-state index is 10.5. The number of unbranched alkanes of at least 4 members (excludes halogenated alkanes) is 2. The van der Waals surface area contributed by atoms with Crippen molar-refractivity contribution in [2.45, 2.75) is 39.5 Å². The van der Waals surface area contributed by atoms with Gasteiger partial charge in [-0.25, -0.2) is 4.79 Å². The van der Waals surface area contributed by atoms with E-state index in [0.717, 1.165) is 38.8 Å². The molecule has 0 heterocycles. The molecule has 4 heteroatoms. The van der Waals surface area contributed by atoms with Crippen LogP contribution >= 0.6 is 0 Å². The molecule has 0 spiro atoms. The van der Waals surface area contributed by atoms with Crippen LogP contribution < -0.4 is 5.73 Å². The monoisotopic (exact) mass is 188 g/mol. The van der Waals surface area contributed by atoms with E-state index in [1.54, 1.807) is 5.06 Å². The second kappa shape index (κ2) is 7.86. The van der Waals surface area contributed by atoms with Crippen LogP contribution in [0.15, 0.2) is 0 Å². The summed E-state index contributed by atoms with van der Waals surface area (Å²) in [5.41, 5.74) is 4.93. The minimum atomic E-state index is -0.716. The molecule has 0 bridgehead atoms. The average Bonchev–Trinajstić information content (AvgIpc) is 2.09. The maximum Gasteiger partial charge on any atom is 0.423 e. The largest absolute Gasteiger partial charge is 0.423 e. The van der Waals surface area contributed by atoms with Gasteiger partial charge in [0.05, 0.1) is 0 Å². The first-order chi connectivity index (χ1) is 6.20. The van der Waals surface area contributed by atoms with Crippen LogP contribution in [0.2, 0.25) is 0 Å². The topological polar surface area (TPSA) is 55.6 Å². The van der Waals surface area contributed by atoms with E-state index in [-0.39, 0.29) is 0 Å². The lowest BCUT2D eigenvalue weighted by Gasteiger charge is -2.19. The fourth-order valence-corrected chi connectivity index (χ4v) is 0.999. The van der Waals surface area contributed by atoms with Gasteiger partial charge >= 0.3 is 6.09 Å². The smallest absolute Gasteiger partial charge is 0.351 e. The molecule has 78 valence electrons. The Hall–Kier alpha value is -0.770. The quantitative estimate of drug-likeness (QED) is 0.621. The molecule has 0 aliphatic heterocycles. The Kier molecular flexibility index (Phi) is 7.39. The minimum Gasteiger partial charge on any atom is -0.351 e. The predicted molar refractivity (Wildman–Crippen MR) is 52.1 cm³/mol. The number of rotatable bonds is 7. The lowest BCUT2D eigenvalue weighted by Crippen LogP contribution is -2.32. The summed E-state index contributed by atoms with van der Waals surface area (Å²) in [7, 11) is 0. The highest BCUT2D eigenvalue weighted by molar-refractivity contribution is 5.64. The molecule has 13 heavy (non-hydrogen) atoms. The van der Waals surface area contributed by atoms with E-state index < -0.39 is 6.09 Å². The van der Waals surface area contributed by atoms with Gasteiger partial charge in [-0.3, -0.25) is 0 Å². The van der Waals surface area contributed by atoms with Crippen LogP contribution in [0.3, 0.4) is 0 Å². The molecule has 1 amide bonds. The molecule has 0 unspecified atom stereocenters. The molecule has 0 aromatic rings. The van der Waals surface area contributed by atoms with Gasteiger partial charge in [0.1, 0.15) is 0 Å². The number of hydrogen-bond acceptors (Lipinski definition) is 3. The van der Waals surface area contributed by atoms with E-state index in [1.807, 2.05) is 0 Å². The molecule has 0 aliphatic carbocycles. The van der Waals surface area contributed by atoms with Gasteiger partial charge in [0.15, 0.2) is 0 Å². The summed E-state index contributed by atoms with van der Waals surface area (Å²) in [4.78, 5) is 15.3. The SMILES string of the molecule is CCCCN(CCCC)OC(N)=O. The Bertz CT molecular complexity index is 132. The second-order valence-corrected chi connectivity index (χ2v) is 3.05. The van der Waals surface area contributed by atoms with Gasteiger partial charge in [0.2, 0.25) is 0 Å². The van der Waals surface area contributed by atoms with Gasteiger partial charge in [-0.05, 0) is 12.8 Å². The number of hydroxylamine groups is 2. The van der Waals surface area contributed by atoms with Crippen LogP contribution in [0.5, 0.6) is 0 Å². The number of carbonyl (C=O) groups is 1. The molecule has 4 nitrogen and oxygen atoms in total. The Morgan fingerprint density at radius 3 is 2.00 bits per heavy atom. The first-order valence-electron chi connectivity index (χ1n) is 4.93. The molecule has 0 rings (SSSR count). The third-order valence-corrected chi connectivity index (χ3v) is 1.74. The van der Waals surface area contributed by atoms with E-state index in [4.69, 9.17) is 10.6 Å². The van der Waals surface area contributed by atoms with Crippen LogP contribution in [-0.2, 0) is 4.84 Å². The Morgan fingerprint density at radius 2 is 1.69 bits per heavy atom. The highest BCUT2D eigenvalue weighted by atomic mass is 16.7. The van der Waals surface area contributed by atoms with Crippen molar-refractivity contribution < 1.29 is 9.63 Å². The highest BCUT2D eigenvalue weighted by Crippen LogP contribution is 1.99. The normalized spacial score (nSPS) is 10.4. The Balaban J connectivity index is 3.66. The molecule has 0 saturated carbocycles. The summed E-state index contributed by atoms with van der Waals surface area (Å²) in [6.07, 6.45) is 3.51. The lowest BCUT2D eigenvalue weighted by molar-refractivity contribution is -0.0972. The number of hydrogen-bond donors (Lipinski definition) is 1. The number of nitrogens with two attached hydrogens (primary N) is 1.